The van der Waals surface area contributed by atoms with E-state index in [1.165, 1.54) is 0 Å². The fourth-order valence-corrected chi connectivity index (χ4v) is 14.2. The van der Waals surface area contributed by atoms with E-state index in [4.69, 9.17) is 14.2 Å². The van der Waals surface area contributed by atoms with Gasteiger partial charge in [0, 0.05) is 30.8 Å². The number of amides is 3. The molecular weight excluding hydrogens is 747 g/mol. The van der Waals surface area contributed by atoms with Crippen LogP contribution in [0.25, 0.3) is 0 Å². The van der Waals surface area contributed by atoms with E-state index in [2.05, 4.69) is 38.2 Å². The molecule has 4 heterocycles. The van der Waals surface area contributed by atoms with Gasteiger partial charge in [-0.15, -0.1) is 0 Å². The molecule has 10 nitrogen and oxygen atoms in total. The van der Waals surface area contributed by atoms with Crippen molar-refractivity contribution in [3.8, 4) is 17.2 Å². The fourth-order valence-electron chi connectivity index (χ4n) is 10.1. The number of rotatable bonds is 7. The summed E-state index contributed by atoms with van der Waals surface area (Å²) in [4.78, 5) is 49.3. The second-order valence-corrected chi connectivity index (χ2v) is 21.2. The molecule has 0 bridgehead atoms. The molecule has 5 atom stereocenters. The van der Waals surface area contributed by atoms with Gasteiger partial charge in [-0.2, -0.15) is 0 Å². The maximum absolute atomic E-state index is 15.0. The molecule has 3 amide bonds. The SMILES string of the molecule is COc1ccc([Si](C)(C)[C@@H]2[C@@H](CC(=O)N3Cc4ccccc4C[C@H]3CO)O[C@]3(C(=O)N(C)c4ccc(N5C(=O)c6ccccc6Oc6ccccc65)cc43)[C@H]2C)cc1. The number of benzene rings is 5. The highest BCUT2D eigenvalue weighted by molar-refractivity contribution is 6.91. The van der Waals surface area contributed by atoms with E-state index in [1.54, 1.807) is 41.0 Å². The number of carbonyl (C=O) groups is 3. The van der Waals surface area contributed by atoms with E-state index in [0.717, 1.165) is 22.1 Å². The highest BCUT2D eigenvalue weighted by atomic mass is 28.3. The molecule has 4 aliphatic heterocycles. The third-order valence-corrected chi connectivity index (χ3v) is 17.5. The van der Waals surface area contributed by atoms with Crippen LogP contribution < -0.4 is 24.5 Å². The zero-order valence-corrected chi connectivity index (χ0v) is 34.3. The maximum Gasteiger partial charge on any atom is 0.266 e. The van der Waals surface area contributed by atoms with Gasteiger partial charge in [0.15, 0.2) is 11.4 Å². The lowest BCUT2D eigenvalue weighted by Crippen LogP contribution is -2.52. The lowest BCUT2D eigenvalue weighted by atomic mass is 9.82. The van der Waals surface area contributed by atoms with Crippen LogP contribution in [0.2, 0.25) is 18.6 Å². The first-order chi connectivity index (χ1) is 28.0. The lowest BCUT2D eigenvalue weighted by molar-refractivity contribution is -0.150. The molecule has 5 aromatic carbocycles. The van der Waals surface area contributed by atoms with Crippen LogP contribution >= 0.6 is 0 Å². The minimum absolute atomic E-state index is 0.0418. The Hall–Kier alpha value is -5.75. The van der Waals surface area contributed by atoms with E-state index in [-0.39, 0.29) is 48.3 Å². The third kappa shape index (κ3) is 5.78. The van der Waals surface area contributed by atoms with Crippen molar-refractivity contribution in [3.63, 3.8) is 0 Å². The minimum atomic E-state index is -2.58. The molecule has 1 spiro atoms. The van der Waals surface area contributed by atoms with E-state index >= 15 is 0 Å². The molecule has 0 saturated carbocycles. The summed E-state index contributed by atoms with van der Waals surface area (Å²) < 4.78 is 19.1. The Morgan fingerprint density at radius 2 is 1.57 bits per heavy atom. The molecule has 11 heteroatoms. The lowest BCUT2D eigenvalue weighted by Gasteiger charge is -2.39. The van der Waals surface area contributed by atoms with Gasteiger partial charge in [0.05, 0.1) is 57.3 Å². The molecule has 0 aliphatic carbocycles. The average molecular weight is 794 g/mol. The topological polar surface area (TPSA) is 109 Å². The summed E-state index contributed by atoms with van der Waals surface area (Å²) in [5.74, 6) is 0.788. The highest BCUT2D eigenvalue weighted by Crippen LogP contribution is 2.60. The summed E-state index contributed by atoms with van der Waals surface area (Å²) in [6.07, 6.45) is -0.0247. The monoisotopic (exact) mass is 793 g/mol. The number of carbonyl (C=O) groups excluding carboxylic acids is 3. The van der Waals surface area contributed by atoms with Crippen molar-refractivity contribution >= 4 is 48.0 Å². The Morgan fingerprint density at radius 3 is 2.31 bits per heavy atom. The van der Waals surface area contributed by atoms with Gasteiger partial charge in [0.25, 0.3) is 11.8 Å². The number of methoxy groups -OCH3 is 1. The van der Waals surface area contributed by atoms with Crippen LogP contribution in [-0.4, -0.2) is 68.7 Å². The number of anilines is 3. The van der Waals surface area contributed by atoms with Crippen molar-refractivity contribution in [2.75, 3.05) is 30.6 Å². The smallest absolute Gasteiger partial charge is 0.266 e. The van der Waals surface area contributed by atoms with Crippen molar-refractivity contribution in [1.82, 2.24) is 4.90 Å². The van der Waals surface area contributed by atoms with Crippen molar-refractivity contribution in [2.45, 2.75) is 62.7 Å². The van der Waals surface area contributed by atoms with Crippen molar-refractivity contribution < 1.29 is 33.7 Å². The number of likely N-dealkylation sites (N-methyl/N-ethyl adjacent to an activating group) is 1. The van der Waals surface area contributed by atoms with E-state index in [9.17, 15) is 19.5 Å². The number of fused-ring (bicyclic) bond motifs is 5. The molecule has 0 unspecified atom stereocenters. The summed E-state index contributed by atoms with van der Waals surface area (Å²) in [7, 11) is 0.830. The summed E-state index contributed by atoms with van der Waals surface area (Å²) in [6, 6.07) is 36.1. The summed E-state index contributed by atoms with van der Waals surface area (Å²) in [6.45, 7) is 6.89. The Bertz CT molecular complexity index is 2450. The molecule has 1 N–H and O–H groups in total. The van der Waals surface area contributed by atoms with Crippen LogP contribution in [0.15, 0.2) is 115 Å². The van der Waals surface area contributed by atoms with Crippen molar-refractivity contribution in [1.29, 1.82) is 0 Å². The van der Waals surface area contributed by atoms with E-state index in [1.807, 2.05) is 84.9 Å². The molecule has 1 fully saturated rings. The molecule has 0 aromatic heterocycles. The van der Waals surface area contributed by atoms with Crippen LogP contribution in [0.5, 0.6) is 17.2 Å². The van der Waals surface area contributed by atoms with Crippen LogP contribution in [0, 0.1) is 5.92 Å². The fraction of sp³-hybridized carbons (Fsp3) is 0.298. The van der Waals surface area contributed by atoms with Crippen LogP contribution in [0.3, 0.4) is 0 Å². The third-order valence-electron chi connectivity index (χ3n) is 13.1. The second kappa shape index (κ2) is 14.3. The number of aliphatic hydroxyl groups excluding tert-OH is 1. The minimum Gasteiger partial charge on any atom is -0.497 e. The summed E-state index contributed by atoms with van der Waals surface area (Å²) >= 11 is 0. The Morgan fingerprint density at radius 1 is 0.879 bits per heavy atom. The zero-order chi connectivity index (χ0) is 40.5. The molecule has 1 saturated heterocycles. The van der Waals surface area contributed by atoms with E-state index < -0.39 is 19.8 Å². The number of aliphatic hydroxyl groups is 1. The molecule has 296 valence electrons. The largest absolute Gasteiger partial charge is 0.497 e. The van der Waals surface area contributed by atoms with Gasteiger partial charge < -0.3 is 29.1 Å². The molecule has 4 aliphatic rings. The number of hydrogen-bond donors (Lipinski definition) is 1. The standard InChI is InChI=1S/C47H47N3O7Si/c1-29-44(58(4,5)35-21-19-34(55-3)20-22-35)42(26-43(52)49-27-31-13-7-6-12-30(31)24-33(49)28-51)57-47(29)37-25-32(18-23-38(37)48(2)46(47)54)50-39-15-9-11-17-41(39)56-40-16-10-8-14-36(40)45(50)53/h6-23,25,29,33,42,44,51H,24,26-28H2,1-5H3/t29-,33-,42+,44-,47+/m0/s1. The molecule has 0 radical (unpaired) electrons. The van der Waals surface area contributed by atoms with Crippen molar-refractivity contribution in [3.05, 3.63) is 138 Å². The van der Waals surface area contributed by atoms with Gasteiger partial charge in [0.2, 0.25) is 5.91 Å². The highest BCUT2D eigenvalue weighted by Gasteiger charge is 2.66. The number of para-hydroxylation sites is 3. The zero-order valence-electron chi connectivity index (χ0n) is 33.3. The maximum atomic E-state index is 15.0. The first-order valence-electron chi connectivity index (χ1n) is 19.9. The Labute approximate surface area is 339 Å². The number of hydrogen-bond acceptors (Lipinski definition) is 7. The van der Waals surface area contributed by atoms with Crippen LogP contribution in [-0.2, 0) is 32.9 Å². The van der Waals surface area contributed by atoms with Gasteiger partial charge in [-0.1, -0.05) is 85.9 Å². The van der Waals surface area contributed by atoms with Gasteiger partial charge in [-0.3, -0.25) is 19.3 Å². The second-order valence-electron chi connectivity index (χ2n) is 16.5. The van der Waals surface area contributed by atoms with Crippen LogP contribution in [0.1, 0.15) is 40.4 Å². The van der Waals surface area contributed by atoms with Crippen molar-refractivity contribution in [2.24, 2.45) is 5.92 Å². The van der Waals surface area contributed by atoms with Gasteiger partial charge >= 0.3 is 0 Å². The predicted molar refractivity (Wildman–Crippen MR) is 225 cm³/mol. The predicted octanol–water partition coefficient (Wildman–Crippen LogP) is 7.31. The normalized spacial score (nSPS) is 23.5. The first-order valence-corrected chi connectivity index (χ1v) is 23.0. The number of ether oxygens (including phenoxy) is 3. The van der Waals surface area contributed by atoms with Gasteiger partial charge in [-0.25, -0.2) is 0 Å². The molecule has 58 heavy (non-hydrogen) atoms. The number of nitrogens with zero attached hydrogens (tertiary/aromatic N) is 3. The molecule has 9 rings (SSSR count). The Kier molecular flexibility index (Phi) is 9.30. The van der Waals surface area contributed by atoms with E-state index in [0.29, 0.717) is 52.7 Å². The molecular formula is C47H47N3O7Si. The summed E-state index contributed by atoms with van der Waals surface area (Å²) in [5, 5.41) is 11.7. The van der Waals surface area contributed by atoms with Gasteiger partial charge in [0.1, 0.15) is 11.5 Å². The van der Waals surface area contributed by atoms with Gasteiger partial charge in [-0.05, 0) is 77.7 Å². The Balaban J connectivity index is 1.16. The average Bonchev–Trinajstić information content (AvgIpc) is 3.60. The molecule has 5 aromatic rings. The summed E-state index contributed by atoms with van der Waals surface area (Å²) in [5.41, 5.74) is 3.47. The first kappa shape index (κ1) is 37.8. The van der Waals surface area contributed by atoms with Crippen LogP contribution in [0.4, 0.5) is 17.1 Å². The quantitative estimate of drug-likeness (QED) is 0.172.